The Balaban J connectivity index is 1.65. The standard InChI is InChI=1S/C18H16F3N3O2/c1-9(12-3-2-11(19)8-14(12)20)23-16(25)7-10-6-13-15(24-18(10)26)4-5-22-17(13)21/h2-6,8-9,11,22H,7H2,1H3,(H,23,25)(H,24,26)/t9-,11?/m0/s1. The fraction of sp³-hybridized carbons (Fsp3) is 0.222. The van der Waals surface area contributed by atoms with Gasteiger partial charge in [0.1, 0.15) is 18.0 Å². The molecule has 2 aliphatic heterocycles. The number of allylic oxidation sites excluding steroid dienone is 2. The van der Waals surface area contributed by atoms with Crippen LogP contribution in [0.15, 0.2) is 59.5 Å². The summed E-state index contributed by atoms with van der Waals surface area (Å²) in [5.74, 6) is -2.29. The lowest BCUT2D eigenvalue weighted by Crippen LogP contribution is -2.40. The minimum absolute atomic E-state index is 0.0738. The van der Waals surface area contributed by atoms with Gasteiger partial charge in [0.25, 0.3) is 0 Å². The Bertz CT molecular complexity index is 783. The summed E-state index contributed by atoms with van der Waals surface area (Å²) >= 11 is 0. The molecule has 0 saturated heterocycles. The summed E-state index contributed by atoms with van der Waals surface area (Å²) in [4.78, 5) is 24.3. The summed E-state index contributed by atoms with van der Waals surface area (Å²) in [6, 6.07) is -0.410. The van der Waals surface area contributed by atoms with E-state index >= 15 is 0 Å². The summed E-state index contributed by atoms with van der Waals surface area (Å²) in [5.41, 5.74) is 0.222. The molecule has 0 saturated carbocycles. The Kier molecular flexibility index (Phi) is 5.01. The number of hydrogen-bond donors (Lipinski definition) is 3. The highest BCUT2D eigenvalue weighted by Crippen LogP contribution is 2.29. The van der Waals surface area contributed by atoms with Gasteiger partial charge < -0.3 is 16.0 Å². The first-order valence-corrected chi connectivity index (χ1v) is 7.93. The number of carbonyl (C=O) groups excluding carboxylic acids is 2. The van der Waals surface area contributed by atoms with E-state index in [1.54, 1.807) is 6.92 Å². The molecule has 2 radical (unpaired) electrons. The molecule has 3 N–H and O–H groups in total. The third kappa shape index (κ3) is 3.74. The zero-order valence-electron chi connectivity index (χ0n) is 13.8. The summed E-state index contributed by atoms with van der Waals surface area (Å²) in [6.07, 6.45) is 5.61. The predicted molar refractivity (Wildman–Crippen MR) is 88.6 cm³/mol. The van der Waals surface area contributed by atoms with Crippen molar-refractivity contribution in [2.75, 3.05) is 0 Å². The number of amides is 2. The summed E-state index contributed by atoms with van der Waals surface area (Å²) in [5, 5.41) is 7.44. The molecule has 3 aliphatic rings. The van der Waals surface area contributed by atoms with E-state index in [1.807, 2.05) is 0 Å². The maximum Gasteiger partial charge on any atom is 0.248 e. The van der Waals surface area contributed by atoms with E-state index in [9.17, 15) is 22.8 Å². The zero-order chi connectivity index (χ0) is 18.8. The van der Waals surface area contributed by atoms with Crippen LogP contribution >= 0.6 is 0 Å². The van der Waals surface area contributed by atoms with E-state index in [0.29, 0.717) is 6.04 Å². The minimum Gasteiger partial charge on any atom is -0.352 e. The number of rotatable bonds is 4. The third-order valence-electron chi connectivity index (χ3n) is 4.08. The maximum atomic E-state index is 13.8. The van der Waals surface area contributed by atoms with Crippen LogP contribution in [-0.2, 0) is 9.59 Å². The lowest BCUT2D eigenvalue weighted by molar-refractivity contribution is -0.123. The van der Waals surface area contributed by atoms with Gasteiger partial charge in [0.05, 0.1) is 12.3 Å². The van der Waals surface area contributed by atoms with Crippen LogP contribution in [0.1, 0.15) is 13.3 Å². The number of alkyl halides is 1. The van der Waals surface area contributed by atoms with Crippen molar-refractivity contribution in [2.24, 2.45) is 0 Å². The first-order chi connectivity index (χ1) is 12.3. The van der Waals surface area contributed by atoms with Gasteiger partial charge in [-0.3, -0.25) is 9.59 Å². The largest absolute Gasteiger partial charge is 0.352 e. The van der Waals surface area contributed by atoms with Gasteiger partial charge >= 0.3 is 0 Å². The van der Waals surface area contributed by atoms with E-state index in [1.165, 1.54) is 30.5 Å². The fourth-order valence-electron chi connectivity index (χ4n) is 2.77. The molecule has 136 valence electrons. The van der Waals surface area contributed by atoms with Crippen LogP contribution in [0.4, 0.5) is 13.2 Å². The molecule has 3 rings (SSSR count). The van der Waals surface area contributed by atoms with Crippen molar-refractivity contribution in [1.82, 2.24) is 16.0 Å². The molecular weight excluding hydrogens is 347 g/mol. The van der Waals surface area contributed by atoms with Gasteiger partial charge in [0.2, 0.25) is 11.8 Å². The van der Waals surface area contributed by atoms with Crippen LogP contribution in [0.3, 0.4) is 0 Å². The molecule has 2 heterocycles. The quantitative estimate of drug-likeness (QED) is 0.670. The molecule has 8 heteroatoms. The molecule has 5 nitrogen and oxygen atoms in total. The predicted octanol–water partition coefficient (Wildman–Crippen LogP) is 2.10. The molecule has 0 aromatic carbocycles. The van der Waals surface area contributed by atoms with Gasteiger partial charge in [-0.1, -0.05) is 6.08 Å². The second-order valence-corrected chi connectivity index (χ2v) is 5.98. The highest BCUT2D eigenvalue weighted by atomic mass is 19.1. The summed E-state index contributed by atoms with van der Waals surface area (Å²) in [7, 11) is 0. The molecule has 1 aliphatic carbocycles. The number of nitrogens with one attached hydrogen (secondary N) is 3. The lowest BCUT2D eigenvalue weighted by atomic mass is 9.93. The van der Waals surface area contributed by atoms with Crippen LogP contribution in [0.25, 0.3) is 0 Å². The highest BCUT2D eigenvalue weighted by molar-refractivity contribution is 6.02. The number of fused-ring (bicyclic) bond motifs is 1. The van der Waals surface area contributed by atoms with E-state index in [2.05, 4.69) is 16.0 Å². The topological polar surface area (TPSA) is 70.2 Å². The zero-order valence-corrected chi connectivity index (χ0v) is 13.8. The molecule has 0 aromatic rings. The molecule has 0 fully saturated rings. The Hall–Kier alpha value is -2.77. The van der Waals surface area contributed by atoms with Crippen molar-refractivity contribution in [3.05, 3.63) is 71.5 Å². The van der Waals surface area contributed by atoms with Crippen LogP contribution in [0.5, 0.6) is 0 Å². The number of halogens is 3. The van der Waals surface area contributed by atoms with E-state index in [4.69, 9.17) is 0 Å². The van der Waals surface area contributed by atoms with Crippen LogP contribution < -0.4 is 16.0 Å². The van der Waals surface area contributed by atoms with Crippen LogP contribution in [-0.4, -0.2) is 24.0 Å². The van der Waals surface area contributed by atoms with Gasteiger partial charge in [0, 0.05) is 23.4 Å². The van der Waals surface area contributed by atoms with Crippen molar-refractivity contribution in [1.29, 1.82) is 0 Å². The van der Waals surface area contributed by atoms with Gasteiger partial charge in [-0.25, -0.2) is 8.78 Å². The monoisotopic (exact) mass is 363 g/mol. The van der Waals surface area contributed by atoms with Crippen molar-refractivity contribution in [3.8, 4) is 0 Å². The molecule has 0 spiro atoms. The Labute approximate surface area is 148 Å². The molecule has 0 bridgehead atoms. The van der Waals surface area contributed by atoms with Crippen LogP contribution in [0.2, 0.25) is 0 Å². The van der Waals surface area contributed by atoms with Crippen molar-refractivity contribution in [2.45, 2.75) is 25.6 Å². The molecular formula is C18H16F3N3O2. The van der Waals surface area contributed by atoms with Crippen LogP contribution in [0, 0.1) is 12.0 Å². The van der Waals surface area contributed by atoms with E-state index < -0.39 is 35.8 Å². The molecule has 1 unspecified atom stereocenters. The Morgan fingerprint density at radius 3 is 2.85 bits per heavy atom. The van der Waals surface area contributed by atoms with Gasteiger partial charge in [-0.05, 0) is 31.2 Å². The smallest absolute Gasteiger partial charge is 0.248 e. The first kappa shape index (κ1) is 18.0. The van der Waals surface area contributed by atoms with E-state index in [-0.39, 0.29) is 23.5 Å². The first-order valence-electron chi connectivity index (χ1n) is 7.93. The number of dihydropyridines is 1. The summed E-state index contributed by atoms with van der Waals surface area (Å²) in [6.45, 7) is 1.54. The molecule has 2 amide bonds. The fourth-order valence-corrected chi connectivity index (χ4v) is 2.77. The number of hydrogen-bond acceptors (Lipinski definition) is 3. The van der Waals surface area contributed by atoms with Crippen molar-refractivity contribution < 1.29 is 22.8 Å². The average molecular weight is 363 g/mol. The normalized spacial score (nSPS) is 24.3. The molecule has 26 heavy (non-hydrogen) atoms. The average Bonchev–Trinajstić information content (AvgIpc) is 2.56. The summed E-state index contributed by atoms with van der Waals surface area (Å²) < 4.78 is 40.6. The second-order valence-electron chi connectivity index (χ2n) is 5.98. The van der Waals surface area contributed by atoms with Gasteiger partial charge in [-0.2, -0.15) is 4.39 Å². The van der Waals surface area contributed by atoms with Gasteiger partial charge in [0.15, 0.2) is 5.95 Å². The number of carbonyl (C=O) groups is 2. The van der Waals surface area contributed by atoms with E-state index in [0.717, 1.165) is 6.08 Å². The third-order valence-corrected chi connectivity index (χ3v) is 4.08. The highest BCUT2D eigenvalue weighted by Gasteiger charge is 2.30. The second kappa shape index (κ2) is 7.23. The van der Waals surface area contributed by atoms with Crippen molar-refractivity contribution >= 4 is 11.8 Å². The lowest BCUT2D eigenvalue weighted by Gasteiger charge is -2.26. The van der Waals surface area contributed by atoms with Crippen molar-refractivity contribution in [3.63, 3.8) is 0 Å². The van der Waals surface area contributed by atoms with Gasteiger partial charge in [-0.15, -0.1) is 0 Å². The molecule has 2 atom stereocenters. The minimum atomic E-state index is -1.50. The maximum absolute atomic E-state index is 13.8. The Morgan fingerprint density at radius 2 is 2.12 bits per heavy atom. The molecule has 0 aromatic heterocycles. The Morgan fingerprint density at radius 1 is 1.35 bits per heavy atom. The SMILES string of the molecule is C[C@H](NC(=O)CC1=CC2=C(F)NC=C[C]2NC1=O)[C]1C=CC(F)C=C1F.